The lowest BCUT2D eigenvalue weighted by Crippen LogP contribution is -2.11. The molecule has 17 heavy (non-hydrogen) atoms. The summed E-state index contributed by atoms with van der Waals surface area (Å²) in [4.78, 5) is 16.2. The van der Waals surface area contributed by atoms with Crippen LogP contribution < -0.4 is 0 Å². The van der Waals surface area contributed by atoms with Crippen molar-refractivity contribution in [3.8, 4) is 0 Å². The topological polar surface area (TPSA) is 34.9 Å². The van der Waals surface area contributed by atoms with Gasteiger partial charge in [0.25, 0.3) is 0 Å². The minimum absolute atomic E-state index is 0.0509. The third-order valence-corrected chi connectivity index (χ3v) is 3.05. The van der Waals surface area contributed by atoms with Gasteiger partial charge in [0, 0.05) is 29.8 Å². The maximum absolute atomic E-state index is 12.1. The number of aromatic nitrogens is 2. The Labute approximate surface area is 109 Å². The van der Waals surface area contributed by atoms with E-state index in [1.165, 1.54) is 0 Å². The number of imidazole rings is 1. The maximum atomic E-state index is 12.1. The highest BCUT2D eigenvalue weighted by Gasteiger charge is 2.12. The van der Waals surface area contributed by atoms with Gasteiger partial charge in [0.15, 0.2) is 5.82 Å². The molecule has 88 valence electrons. The van der Waals surface area contributed by atoms with Crippen molar-refractivity contribution in [3.05, 3.63) is 52.5 Å². The summed E-state index contributed by atoms with van der Waals surface area (Å²) in [7, 11) is 0. The Morgan fingerprint density at radius 1 is 1.47 bits per heavy atom. The molecular weight excluding hydrogens is 280 g/mol. The van der Waals surface area contributed by atoms with E-state index in [0.29, 0.717) is 12.2 Å². The molecule has 1 aromatic carbocycles. The van der Waals surface area contributed by atoms with Crippen molar-refractivity contribution >= 4 is 21.7 Å². The fourth-order valence-electron chi connectivity index (χ4n) is 1.73. The monoisotopic (exact) mass is 292 g/mol. The van der Waals surface area contributed by atoms with Crippen molar-refractivity contribution in [2.24, 2.45) is 0 Å². The van der Waals surface area contributed by atoms with E-state index in [1.54, 1.807) is 6.20 Å². The molecule has 4 heteroatoms. The predicted molar refractivity (Wildman–Crippen MR) is 70.1 cm³/mol. The van der Waals surface area contributed by atoms with Gasteiger partial charge in [0.1, 0.15) is 0 Å². The number of halogens is 1. The number of Topliss-reactive ketones (excluding diaryl/α,β-unsaturated/α-hetero) is 1. The Morgan fingerprint density at radius 2 is 2.29 bits per heavy atom. The first-order valence-corrected chi connectivity index (χ1v) is 6.28. The highest BCUT2D eigenvalue weighted by Crippen LogP contribution is 2.13. The molecule has 0 N–H and O–H groups in total. The van der Waals surface area contributed by atoms with Crippen LogP contribution in [-0.4, -0.2) is 15.3 Å². The van der Waals surface area contributed by atoms with Gasteiger partial charge in [-0.05, 0) is 24.6 Å². The largest absolute Gasteiger partial charge is 0.329 e. The minimum Gasteiger partial charge on any atom is -0.329 e. The first kappa shape index (κ1) is 12.0. The van der Waals surface area contributed by atoms with Crippen molar-refractivity contribution in [3.63, 3.8) is 0 Å². The molecular formula is C13H13BrN2O. The van der Waals surface area contributed by atoms with Crippen molar-refractivity contribution in [2.45, 2.75) is 19.9 Å². The Balaban J connectivity index is 2.17. The van der Waals surface area contributed by atoms with E-state index in [-0.39, 0.29) is 5.78 Å². The zero-order valence-corrected chi connectivity index (χ0v) is 11.1. The van der Waals surface area contributed by atoms with Gasteiger partial charge in [-0.3, -0.25) is 4.79 Å². The Kier molecular flexibility index (Phi) is 3.74. The highest BCUT2D eigenvalue weighted by atomic mass is 79.9. The molecule has 0 aliphatic carbocycles. The Morgan fingerprint density at radius 3 is 3.00 bits per heavy atom. The van der Waals surface area contributed by atoms with E-state index in [4.69, 9.17) is 0 Å². The van der Waals surface area contributed by atoms with Gasteiger partial charge in [-0.2, -0.15) is 0 Å². The second-order valence-electron chi connectivity index (χ2n) is 3.77. The van der Waals surface area contributed by atoms with Crippen LogP contribution in [0.25, 0.3) is 0 Å². The fraction of sp³-hybridized carbons (Fsp3) is 0.231. The van der Waals surface area contributed by atoms with Crippen LogP contribution in [0.3, 0.4) is 0 Å². The van der Waals surface area contributed by atoms with Gasteiger partial charge < -0.3 is 4.57 Å². The molecule has 3 nitrogen and oxygen atoms in total. The third-order valence-electron chi connectivity index (χ3n) is 2.56. The number of carbonyl (C=O) groups excluding carboxylic acids is 1. The lowest BCUT2D eigenvalue weighted by molar-refractivity contribution is 0.0979. The lowest BCUT2D eigenvalue weighted by Gasteiger charge is -2.04. The molecule has 0 spiro atoms. The molecule has 1 aromatic heterocycles. The number of rotatable bonds is 4. The number of hydrogen-bond donors (Lipinski definition) is 0. The molecule has 0 amide bonds. The smallest absolute Gasteiger partial charge is 0.202 e. The summed E-state index contributed by atoms with van der Waals surface area (Å²) in [5, 5.41) is 0. The van der Waals surface area contributed by atoms with Crippen molar-refractivity contribution < 1.29 is 4.79 Å². The molecule has 1 heterocycles. The van der Waals surface area contributed by atoms with Gasteiger partial charge in [0.2, 0.25) is 5.78 Å². The van der Waals surface area contributed by atoms with E-state index in [2.05, 4.69) is 20.9 Å². The Bertz CT molecular complexity index is 534. The molecule has 2 aromatic rings. The molecule has 0 bridgehead atoms. The highest BCUT2D eigenvalue weighted by molar-refractivity contribution is 9.10. The van der Waals surface area contributed by atoms with Gasteiger partial charge in [-0.25, -0.2) is 4.98 Å². The summed E-state index contributed by atoms with van der Waals surface area (Å²) < 4.78 is 2.85. The van der Waals surface area contributed by atoms with E-state index in [0.717, 1.165) is 16.6 Å². The second kappa shape index (κ2) is 5.27. The normalized spacial score (nSPS) is 10.5. The van der Waals surface area contributed by atoms with Crippen molar-refractivity contribution in [1.29, 1.82) is 0 Å². The fourth-order valence-corrected chi connectivity index (χ4v) is 2.17. The number of benzene rings is 1. The summed E-state index contributed by atoms with van der Waals surface area (Å²) in [5.41, 5.74) is 0.995. The summed E-state index contributed by atoms with van der Waals surface area (Å²) in [5.74, 6) is 0.586. The summed E-state index contributed by atoms with van der Waals surface area (Å²) >= 11 is 3.40. The van der Waals surface area contributed by atoms with Gasteiger partial charge in [-0.15, -0.1) is 0 Å². The van der Waals surface area contributed by atoms with E-state index in [9.17, 15) is 4.79 Å². The van der Waals surface area contributed by atoms with E-state index in [1.807, 2.05) is 42.0 Å². The number of nitrogens with zero attached hydrogens (tertiary/aromatic N) is 2. The van der Waals surface area contributed by atoms with Crippen LogP contribution in [0.4, 0.5) is 0 Å². The number of carbonyl (C=O) groups is 1. The van der Waals surface area contributed by atoms with Crippen LogP contribution in [0.1, 0.15) is 23.1 Å². The SMILES string of the molecule is CCn1ccnc1C(=O)Cc1cccc(Br)c1. The lowest BCUT2D eigenvalue weighted by atomic mass is 10.1. The van der Waals surface area contributed by atoms with Gasteiger partial charge in [0.05, 0.1) is 0 Å². The van der Waals surface area contributed by atoms with Gasteiger partial charge >= 0.3 is 0 Å². The average molecular weight is 293 g/mol. The second-order valence-corrected chi connectivity index (χ2v) is 4.68. The first-order chi connectivity index (χ1) is 8.20. The quantitative estimate of drug-likeness (QED) is 0.812. The number of hydrogen-bond acceptors (Lipinski definition) is 2. The van der Waals surface area contributed by atoms with E-state index < -0.39 is 0 Å². The molecule has 0 saturated heterocycles. The predicted octanol–water partition coefficient (Wildman–Crippen LogP) is 3.09. The minimum atomic E-state index is 0.0509. The molecule has 0 atom stereocenters. The molecule has 0 aliphatic heterocycles. The van der Waals surface area contributed by atoms with Crippen LogP contribution in [0.15, 0.2) is 41.1 Å². The molecule has 0 radical (unpaired) electrons. The van der Waals surface area contributed by atoms with Crippen LogP contribution in [0, 0.1) is 0 Å². The van der Waals surface area contributed by atoms with Crippen LogP contribution in [-0.2, 0) is 13.0 Å². The summed E-state index contributed by atoms with van der Waals surface area (Å²) in [6.07, 6.45) is 3.88. The molecule has 0 aliphatic rings. The molecule has 0 saturated carbocycles. The van der Waals surface area contributed by atoms with E-state index >= 15 is 0 Å². The van der Waals surface area contributed by atoms with Crippen molar-refractivity contribution in [2.75, 3.05) is 0 Å². The summed E-state index contributed by atoms with van der Waals surface area (Å²) in [6.45, 7) is 2.76. The number of ketones is 1. The van der Waals surface area contributed by atoms with Crippen molar-refractivity contribution in [1.82, 2.24) is 9.55 Å². The van der Waals surface area contributed by atoms with Gasteiger partial charge in [-0.1, -0.05) is 28.1 Å². The average Bonchev–Trinajstić information content (AvgIpc) is 2.77. The molecule has 0 unspecified atom stereocenters. The van der Waals surface area contributed by atoms with Crippen LogP contribution >= 0.6 is 15.9 Å². The first-order valence-electron chi connectivity index (χ1n) is 5.49. The molecule has 0 fully saturated rings. The molecule has 2 rings (SSSR count). The van der Waals surface area contributed by atoms with Crippen LogP contribution in [0.2, 0.25) is 0 Å². The zero-order valence-electron chi connectivity index (χ0n) is 9.56. The number of aryl methyl sites for hydroxylation is 1. The van der Waals surface area contributed by atoms with Crippen LogP contribution in [0.5, 0.6) is 0 Å². The summed E-state index contributed by atoms with van der Waals surface area (Å²) in [6, 6.07) is 7.78. The zero-order chi connectivity index (χ0) is 12.3. The third kappa shape index (κ3) is 2.82. The maximum Gasteiger partial charge on any atom is 0.202 e. The standard InChI is InChI=1S/C13H13BrN2O/c1-2-16-7-6-15-13(16)12(17)9-10-4-3-5-11(14)8-10/h3-8H,2,9H2,1H3. The Hall–Kier alpha value is -1.42.